The summed E-state index contributed by atoms with van der Waals surface area (Å²) in [7, 11) is 0. The maximum atomic E-state index is 9.76. The van der Waals surface area contributed by atoms with Crippen LogP contribution in [0.5, 0.6) is 0 Å². The summed E-state index contributed by atoms with van der Waals surface area (Å²) in [4.78, 5) is 0. The van der Waals surface area contributed by atoms with Crippen molar-refractivity contribution in [3.8, 4) is 5.69 Å². The van der Waals surface area contributed by atoms with Gasteiger partial charge >= 0.3 is 0 Å². The first kappa shape index (κ1) is 9.86. The van der Waals surface area contributed by atoms with Gasteiger partial charge in [0.05, 0.1) is 23.7 Å². The minimum absolute atomic E-state index is 0.514. The molecule has 0 amide bonds. The second-order valence-electron chi connectivity index (χ2n) is 3.33. The Morgan fingerprint density at radius 1 is 1.33 bits per heavy atom. The molecule has 0 spiro atoms. The second kappa shape index (κ2) is 4.23. The zero-order chi connectivity index (χ0) is 10.7. The summed E-state index contributed by atoms with van der Waals surface area (Å²) in [6.07, 6.45) is 1.74. The molecular formula is C11H13N3O. The monoisotopic (exact) mass is 203 g/mol. The average Bonchev–Trinajstić information content (AvgIpc) is 2.78. The number of hydrogen-bond donors (Lipinski definition) is 1. The van der Waals surface area contributed by atoms with E-state index in [0.29, 0.717) is 6.42 Å². The van der Waals surface area contributed by atoms with E-state index in [1.165, 1.54) is 0 Å². The van der Waals surface area contributed by atoms with Gasteiger partial charge in [0.2, 0.25) is 0 Å². The molecule has 1 heterocycles. The molecule has 0 aliphatic carbocycles. The summed E-state index contributed by atoms with van der Waals surface area (Å²) >= 11 is 0. The van der Waals surface area contributed by atoms with Crippen LogP contribution in [-0.4, -0.2) is 20.1 Å². The standard InChI is InChI=1S/C11H13N3O/c1-2-11(15)10-8-12-13-14(10)9-6-4-3-5-7-9/h3-8,11,15H,2H2,1H3. The Kier molecular flexibility index (Phi) is 2.78. The SMILES string of the molecule is CCC(O)c1cnnn1-c1ccccc1. The Bertz CT molecular complexity index is 424. The predicted octanol–water partition coefficient (Wildman–Crippen LogP) is 1.71. The zero-order valence-electron chi connectivity index (χ0n) is 8.54. The number of hydrogen-bond acceptors (Lipinski definition) is 3. The number of para-hydroxylation sites is 1. The van der Waals surface area contributed by atoms with Crippen molar-refractivity contribution >= 4 is 0 Å². The third-order valence-corrected chi connectivity index (χ3v) is 2.30. The van der Waals surface area contributed by atoms with Crippen molar-refractivity contribution in [2.75, 3.05) is 0 Å². The van der Waals surface area contributed by atoms with E-state index in [2.05, 4.69) is 10.3 Å². The van der Waals surface area contributed by atoms with E-state index < -0.39 is 6.10 Å². The third-order valence-electron chi connectivity index (χ3n) is 2.30. The molecule has 15 heavy (non-hydrogen) atoms. The smallest absolute Gasteiger partial charge is 0.0975 e. The summed E-state index contributed by atoms with van der Waals surface area (Å²) in [5.74, 6) is 0. The fourth-order valence-electron chi connectivity index (χ4n) is 1.45. The Balaban J connectivity index is 2.41. The van der Waals surface area contributed by atoms with E-state index in [-0.39, 0.29) is 0 Å². The van der Waals surface area contributed by atoms with Gasteiger partial charge in [-0.05, 0) is 18.6 Å². The summed E-state index contributed by atoms with van der Waals surface area (Å²) in [6, 6.07) is 9.66. The zero-order valence-corrected chi connectivity index (χ0v) is 8.54. The lowest BCUT2D eigenvalue weighted by Gasteiger charge is -2.09. The molecule has 0 radical (unpaired) electrons. The molecule has 0 saturated heterocycles. The van der Waals surface area contributed by atoms with Crippen LogP contribution in [0, 0.1) is 0 Å². The first-order chi connectivity index (χ1) is 7.33. The molecule has 0 aliphatic rings. The van der Waals surface area contributed by atoms with Gasteiger partial charge in [-0.1, -0.05) is 30.3 Å². The Morgan fingerprint density at radius 2 is 2.07 bits per heavy atom. The number of aromatic nitrogens is 3. The lowest BCUT2D eigenvalue weighted by molar-refractivity contribution is 0.166. The molecule has 1 unspecified atom stereocenters. The van der Waals surface area contributed by atoms with Crippen LogP contribution in [0.4, 0.5) is 0 Å². The first-order valence-electron chi connectivity index (χ1n) is 4.97. The van der Waals surface area contributed by atoms with Crippen molar-refractivity contribution in [3.05, 3.63) is 42.2 Å². The van der Waals surface area contributed by atoms with E-state index in [1.54, 1.807) is 10.9 Å². The Hall–Kier alpha value is -1.68. The van der Waals surface area contributed by atoms with E-state index in [1.807, 2.05) is 37.3 Å². The average molecular weight is 203 g/mol. The summed E-state index contributed by atoms with van der Waals surface area (Å²) in [6.45, 7) is 1.92. The van der Waals surface area contributed by atoms with Crippen molar-refractivity contribution < 1.29 is 5.11 Å². The van der Waals surface area contributed by atoms with Gasteiger partial charge in [0.1, 0.15) is 0 Å². The van der Waals surface area contributed by atoms with Gasteiger partial charge in [0.25, 0.3) is 0 Å². The summed E-state index contributed by atoms with van der Waals surface area (Å²) in [5.41, 5.74) is 1.64. The number of nitrogens with zero attached hydrogens (tertiary/aromatic N) is 3. The van der Waals surface area contributed by atoms with Gasteiger partial charge in [-0.15, -0.1) is 5.10 Å². The van der Waals surface area contributed by atoms with Crippen LogP contribution in [0.25, 0.3) is 5.69 Å². The second-order valence-corrected chi connectivity index (χ2v) is 3.33. The van der Waals surface area contributed by atoms with Gasteiger partial charge in [-0.2, -0.15) is 0 Å². The molecule has 1 atom stereocenters. The van der Waals surface area contributed by atoms with Crippen molar-refractivity contribution in [2.24, 2.45) is 0 Å². The van der Waals surface area contributed by atoms with Crippen LogP contribution < -0.4 is 0 Å². The molecule has 0 fully saturated rings. The topological polar surface area (TPSA) is 50.9 Å². The lowest BCUT2D eigenvalue weighted by Crippen LogP contribution is -2.06. The summed E-state index contributed by atoms with van der Waals surface area (Å²) in [5, 5.41) is 17.5. The Labute approximate surface area is 88.2 Å². The highest BCUT2D eigenvalue weighted by atomic mass is 16.3. The van der Waals surface area contributed by atoms with Gasteiger partial charge < -0.3 is 5.11 Å². The predicted molar refractivity (Wildman–Crippen MR) is 56.6 cm³/mol. The van der Waals surface area contributed by atoms with Crippen LogP contribution in [0.1, 0.15) is 25.1 Å². The maximum absolute atomic E-state index is 9.76. The van der Waals surface area contributed by atoms with Crippen molar-refractivity contribution in [1.82, 2.24) is 15.0 Å². The van der Waals surface area contributed by atoms with E-state index in [9.17, 15) is 5.11 Å². The lowest BCUT2D eigenvalue weighted by atomic mass is 10.2. The minimum Gasteiger partial charge on any atom is -0.387 e. The maximum Gasteiger partial charge on any atom is 0.0975 e. The molecule has 0 saturated carbocycles. The molecule has 2 aromatic rings. The van der Waals surface area contributed by atoms with Gasteiger partial charge in [-0.25, -0.2) is 4.68 Å². The molecular weight excluding hydrogens is 190 g/mol. The largest absolute Gasteiger partial charge is 0.387 e. The highest BCUT2D eigenvalue weighted by molar-refractivity contribution is 5.31. The van der Waals surface area contributed by atoms with E-state index in [4.69, 9.17) is 0 Å². The highest BCUT2D eigenvalue weighted by Gasteiger charge is 2.12. The van der Waals surface area contributed by atoms with Gasteiger partial charge in [-0.3, -0.25) is 0 Å². The van der Waals surface area contributed by atoms with Gasteiger partial charge in [0, 0.05) is 0 Å². The van der Waals surface area contributed by atoms with Crippen LogP contribution >= 0.6 is 0 Å². The molecule has 1 aromatic carbocycles. The van der Waals surface area contributed by atoms with Crippen molar-refractivity contribution in [3.63, 3.8) is 0 Å². The van der Waals surface area contributed by atoms with Crippen LogP contribution in [0.3, 0.4) is 0 Å². The van der Waals surface area contributed by atoms with Crippen molar-refractivity contribution in [1.29, 1.82) is 0 Å². The quantitative estimate of drug-likeness (QED) is 0.826. The molecule has 0 bridgehead atoms. The van der Waals surface area contributed by atoms with Gasteiger partial charge in [0.15, 0.2) is 0 Å². The van der Waals surface area contributed by atoms with Crippen molar-refractivity contribution in [2.45, 2.75) is 19.4 Å². The summed E-state index contributed by atoms with van der Waals surface area (Å²) < 4.78 is 1.66. The van der Waals surface area contributed by atoms with Crippen LogP contribution in [0.15, 0.2) is 36.5 Å². The fraction of sp³-hybridized carbons (Fsp3) is 0.273. The molecule has 1 aromatic heterocycles. The molecule has 0 aliphatic heterocycles. The first-order valence-corrected chi connectivity index (χ1v) is 4.97. The molecule has 4 nitrogen and oxygen atoms in total. The Morgan fingerprint density at radius 3 is 2.73 bits per heavy atom. The van der Waals surface area contributed by atoms with Crippen LogP contribution in [0.2, 0.25) is 0 Å². The van der Waals surface area contributed by atoms with E-state index in [0.717, 1.165) is 11.4 Å². The normalized spacial score (nSPS) is 12.7. The van der Waals surface area contributed by atoms with E-state index >= 15 is 0 Å². The highest BCUT2D eigenvalue weighted by Crippen LogP contribution is 2.17. The van der Waals surface area contributed by atoms with Crippen LogP contribution in [-0.2, 0) is 0 Å². The number of aliphatic hydroxyl groups is 1. The third kappa shape index (κ3) is 1.89. The molecule has 4 heteroatoms. The minimum atomic E-state index is -0.514. The number of rotatable bonds is 3. The molecule has 1 N–H and O–H groups in total. The fourth-order valence-corrected chi connectivity index (χ4v) is 1.45. The molecule has 2 rings (SSSR count). The molecule has 78 valence electrons. The number of aliphatic hydroxyl groups excluding tert-OH is 1. The number of benzene rings is 1.